The highest BCUT2D eigenvalue weighted by atomic mass is 16.1. The van der Waals surface area contributed by atoms with Gasteiger partial charge in [0.25, 0.3) is 0 Å². The van der Waals surface area contributed by atoms with Gasteiger partial charge in [-0.2, -0.15) is 5.26 Å². The number of aromatic nitrogens is 1. The predicted octanol–water partition coefficient (Wildman–Crippen LogP) is 1.20. The van der Waals surface area contributed by atoms with Crippen LogP contribution in [0.4, 0.5) is 0 Å². The van der Waals surface area contributed by atoms with Crippen LogP contribution in [0.15, 0.2) is 12.3 Å². The molecule has 13 heavy (non-hydrogen) atoms. The van der Waals surface area contributed by atoms with Crippen LogP contribution in [0.25, 0.3) is 0 Å². The Balaban J connectivity index is 3.18. The minimum Gasteiger partial charge on any atom is -0.332 e. The van der Waals surface area contributed by atoms with Crippen LogP contribution in [-0.4, -0.2) is 10.4 Å². The molecule has 0 unspecified atom stereocenters. The van der Waals surface area contributed by atoms with Crippen LogP contribution in [0, 0.1) is 23.7 Å². The van der Waals surface area contributed by atoms with Crippen molar-refractivity contribution in [3.63, 3.8) is 0 Å². The van der Waals surface area contributed by atoms with E-state index in [1.807, 2.05) is 6.07 Å². The summed E-state index contributed by atoms with van der Waals surface area (Å²) in [5.74, 6) is 2.33. The van der Waals surface area contributed by atoms with Crippen LogP contribution < -0.4 is 0 Å². The van der Waals surface area contributed by atoms with Gasteiger partial charge in [0.15, 0.2) is 5.78 Å². The first kappa shape index (κ1) is 9.09. The third-order valence-electron chi connectivity index (χ3n) is 1.65. The first-order chi connectivity index (χ1) is 6.19. The van der Waals surface area contributed by atoms with Gasteiger partial charge in [-0.1, -0.05) is 5.92 Å². The van der Waals surface area contributed by atoms with Crippen molar-refractivity contribution in [3.05, 3.63) is 23.5 Å². The fourth-order valence-corrected chi connectivity index (χ4v) is 1.10. The van der Waals surface area contributed by atoms with Crippen molar-refractivity contribution in [1.29, 1.82) is 5.26 Å². The van der Waals surface area contributed by atoms with Crippen LogP contribution >= 0.6 is 0 Å². The molecule has 1 heterocycles. The van der Waals surface area contributed by atoms with Crippen molar-refractivity contribution < 1.29 is 4.79 Å². The number of hydrogen-bond donors (Lipinski definition) is 0. The number of nitriles is 1. The van der Waals surface area contributed by atoms with Crippen LogP contribution in [0.3, 0.4) is 0 Å². The van der Waals surface area contributed by atoms with Crippen molar-refractivity contribution in [1.82, 2.24) is 4.57 Å². The van der Waals surface area contributed by atoms with E-state index in [9.17, 15) is 4.79 Å². The summed E-state index contributed by atoms with van der Waals surface area (Å²) in [5, 5.41) is 8.60. The summed E-state index contributed by atoms with van der Waals surface area (Å²) in [6.07, 6.45) is 6.70. The number of rotatable bonds is 2. The van der Waals surface area contributed by atoms with Crippen molar-refractivity contribution >= 4 is 5.78 Å². The largest absolute Gasteiger partial charge is 0.332 e. The maximum atomic E-state index is 11.1. The number of nitrogens with zero attached hydrogens (tertiary/aromatic N) is 2. The Morgan fingerprint density at radius 2 is 2.46 bits per heavy atom. The van der Waals surface area contributed by atoms with Gasteiger partial charge in [-0.05, 0) is 6.07 Å². The summed E-state index contributed by atoms with van der Waals surface area (Å²) in [6, 6.07) is 3.50. The molecule has 64 valence electrons. The molecular weight excluding hydrogens is 164 g/mol. The van der Waals surface area contributed by atoms with E-state index in [4.69, 9.17) is 11.7 Å². The molecule has 0 aliphatic carbocycles. The van der Waals surface area contributed by atoms with Gasteiger partial charge in [-0.3, -0.25) is 4.79 Å². The van der Waals surface area contributed by atoms with Gasteiger partial charge < -0.3 is 4.57 Å². The first-order valence-corrected chi connectivity index (χ1v) is 3.73. The van der Waals surface area contributed by atoms with E-state index in [0.717, 1.165) is 0 Å². The van der Waals surface area contributed by atoms with Crippen molar-refractivity contribution in [2.24, 2.45) is 0 Å². The van der Waals surface area contributed by atoms with Crippen LogP contribution in [0.2, 0.25) is 0 Å². The summed E-state index contributed by atoms with van der Waals surface area (Å²) < 4.78 is 1.60. The molecule has 3 nitrogen and oxygen atoms in total. The highest BCUT2D eigenvalue weighted by Gasteiger charge is 2.08. The van der Waals surface area contributed by atoms with Crippen molar-refractivity contribution in [2.75, 3.05) is 0 Å². The summed E-state index contributed by atoms with van der Waals surface area (Å²) in [6.45, 7) is 1.76. The second kappa shape index (κ2) is 3.60. The van der Waals surface area contributed by atoms with E-state index in [1.54, 1.807) is 16.8 Å². The van der Waals surface area contributed by atoms with Gasteiger partial charge in [0.05, 0.1) is 17.8 Å². The monoisotopic (exact) mass is 172 g/mol. The smallest absolute Gasteiger partial charge is 0.176 e. The van der Waals surface area contributed by atoms with Crippen molar-refractivity contribution in [2.45, 2.75) is 13.5 Å². The number of terminal acetylenes is 1. The molecule has 3 heteroatoms. The molecule has 0 radical (unpaired) electrons. The fourth-order valence-electron chi connectivity index (χ4n) is 1.10. The standard InChI is InChI=1S/C10H8N2O/c1-3-4-12-7-9(6-11)5-10(12)8(2)13/h1,5,7H,4H2,2H3. The van der Waals surface area contributed by atoms with Crippen molar-refractivity contribution in [3.8, 4) is 18.4 Å². The Bertz CT molecular complexity index is 415. The Morgan fingerprint density at radius 3 is 2.92 bits per heavy atom. The predicted molar refractivity (Wildman–Crippen MR) is 48.0 cm³/mol. The van der Waals surface area contributed by atoms with E-state index < -0.39 is 0 Å². The maximum absolute atomic E-state index is 11.1. The molecule has 0 fully saturated rings. The van der Waals surface area contributed by atoms with Crippen LogP contribution in [-0.2, 0) is 6.54 Å². The summed E-state index contributed by atoms with van der Waals surface area (Å²) >= 11 is 0. The van der Waals surface area contributed by atoms with Gasteiger partial charge in [0.1, 0.15) is 6.07 Å². The summed E-state index contributed by atoms with van der Waals surface area (Å²) in [5.41, 5.74) is 0.940. The van der Waals surface area contributed by atoms with E-state index in [2.05, 4.69) is 5.92 Å². The number of hydrogen-bond acceptors (Lipinski definition) is 2. The minimum atomic E-state index is -0.0863. The lowest BCUT2D eigenvalue weighted by atomic mass is 10.3. The molecule has 0 aromatic carbocycles. The highest BCUT2D eigenvalue weighted by molar-refractivity contribution is 5.93. The summed E-state index contributed by atoms with van der Waals surface area (Å²) in [4.78, 5) is 11.1. The lowest BCUT2D eigenvalue weighted by molar-refractivity contribution is 0.100. The van der Waals surface area contributed by atoms with E-state index in [1.165, 1.54) is 6.92 Å². The Labute approximate surface area is 76.6 Å². The number of carbonyl (C=O) groups is 1. The lowest BCUT2D eigenvalue weighted by Crippen LogP contribution is -2.03. The molecule has 1 rings (SSSR count). The fraction of sp³-hybridized carbons (Fsp3) is 0.200. The third-order valence-corrected chi connectivity index (χ3v) is 1.65. The molecule has 1 aromatic heterocycles. The Morgan fingerprint density at radius 1 is 1.77 bits per heavy atom. The highest BCUT2D eigenvalue weighted by Crippen LogP contribution is 2.08. The minimum absolute atomic E-state index is 0.0863. The Hall–Kier alpha value is -2.00. The summed E-state index contributed by atoms with van der Waals surface area (Å²) in [7, 11) is 0. The van der Waals surface area contributed by atoms with Gasteiger partial charge in [0.2, 0.25) is 0 Å². The molecule has 1 aromatic rings. The second-order valence-electron chi connectivity index (χ2n) is 2.61. The topological polar surface area (TPSA) is 45.8 Å². The molecule has 0 aliphatic rings. The van der Waals surface area contributed by atoms with Crippen LogP contribution in [0.5, 0.6) is 0 Å². The number of carbonyl (C=O) groups excluding carboxylic acids is 1. The number of Topliss-reactive ketones (excluding diaryl/α,β-unsaturated/α-hetero) is 1. The average Bonchev–Trinajstić information content (AvgIpc) is 2.48. The Kier molecular flexibility index (Phi) is 2.52. The van der Waals surface area contributed by atoms with Gasteiger partial charge >= 0.3 is 0 Å². The second-order valence-corrected chi connectivity index (χ2v) is 2.61. The lowest BCUT2D eigenvalue weighted by Gasteiger charge is -1.99. The molecule has 0 saturated heterocycles. The third kappa shape index (κ3) is 1.77. The zero-order valence-corrected chi connectivity index (χ0v) is 7.24. The van der Waals surface area contributed by atoms with E-state index in [-0.39, 0.29) is 5.78 Å². The quantitative estimate of drug-likeness (QED) is 0.497. The molecule has 0 N–H and O–H groups in total. The zero-order chi connectivity index (χ0) is 9.84. The van der Waals surface area contributed by atoms with Gasteiger partial charge in [-0.15, -0.1) is 6.42 Å². The normalized spacial score (nSPS) is 8.85. The molecule has 0 atom stereocenters. The molecule has 0 spiro atoms. The number of ketones is 1. The average molecular weight is 172 g/mol. The first-order valence-electron chi connectivity index (χ1n) is 3.73. The van der Waals surface area contributed by atoms with Gasteiger partial charge in [0, 0.05) is 13.1 Å². The van der Waals surface area contributed by atoms with E-state index in [0.29, 0.717) is 17.8 Å². The molecular formula is C10H8N2O. The maximum Gasteiger partial charge on any atom is 0.176 e. The molecule has 0 bridgehead atoms. The molecule has 0 amide bonds. The SMILES string of the molecule is C#CCn1cc(C#N)cc1C(C)=O. The van der Waals surface area contributed by atoms with E-state index >= 15 is 0 Å². The van der Waals surface area contributed by atoms with Gasteiger partial charge in [-0.25, -0.2) is 0 Å². The molecule has 0 aliphatic heterocycles. The van der Waals surface area contributed by atoms with Crippen LogP contribution in [0.1, 0.15) is 23.0 Å². The molecule has 0 saturated carbocycles. The zero-order valence-electron chi connectivity index (χ0n) is 7.24.